The molecule has 0 fully saturated rings. The van der Waals surface area contributed by atoms with Gasteiger partial charge in [-0.05, 0) is 125 Å². The molecule has 2 heteroatoms. The summed E-state index contributed by atoms with van der Waals surface area (Å²) in [5, 5.41) is 7.39. The van der Waals surface area contributed by atoms with Crippen LogP contribution in [0.1, 0.15) is 22.3 Å². The summed E-state index contributed by atoms with van der Waals surface area (Å²) in [6.45, 7) is 0. The van der Waals surface area contributed by atoms with Gasteiger partial charge in [0.05, 0.1) is 22.1 Å². The summed E-state index contributed by atoms with van der Waals surface area (Å²) in [7, 11) is 0. The molecule has 2 aliphatic carbocycles. The summed E-state index contributed by atoms with van der Waals surface area (Å²) >= 11 is 0. The van der Waals surface area contributed by atoms with Crippen LogP contribution in [0, 0.1) is 0 Å². The van der Waals surface area contributed by atoms with E-state index in [9.17, 15) is 0 Å². The maximum absolute atomic E-state index is 5.29. The number of pyridine rings is 1. The fourth-order valence-electron chi connectivity index (χ4n) is 11.7. The molecule has 0 saturated carbocycles. The summed E-state index contributed by atoms with van der Waals surface area (Å²) < 4.78 is 2.39. The molecule has 0 aliphatic heterocycles. The molecular weight excluding hydrogens is 773 g/mol. The topological polar surface area (TPSA) is 17.8 Å². The minimum absolute atomic E-state index is 0.391. The minimum Gasteiger partial charge on any atom is -0.309 e. The predicted octanol–water partition coefficient (Wildman–Crippen LogP) is 15.8. The lowest BCUT2D eigenvalue weighted by Gasteiger charge is -2.30. The third-order valence-electron chi connectivity index (χ3n) is 14.3. The summed E-state index contributed by atoms with van der Waals surface area (Å²) in [5.74, 6) is 0. The summed E-state index contributed by atoms with van der Waals surface area (Å²) in [6.07, 6.45) is 2.09. The lowest BCUT2D eigenvalue weighted by molar-refractivity contribution is 0.794. The van der Waals surface area contributed by atoms with E-state index in [1.165, 1.54) is 105 Å². The molecule has 2 heterocycles. The quantitative estimate of drug-likeness (QED) is 0.162. The second-order valence-electron chi connectivity index (χ2n) is 17.3. The van der Waals surface area contributed by atoms with Crippen LogP contribution in [0.4, 0.5) is 0 Å². The van der Waals surface area contributed by atoms with E-state index < -0.39 is 5.41 Å². The van der Waals surface area contributed by atoms with Crippen molar-refractivity contribution in [2.75, 3.05) is 0 Å². The van der Waals surface area contributed by atoms with E-state index in [-0.39, 0.29) is 0 Å². The highest BCUT2D eigenvalue weighted by Gasteiger charge is 2.51. The van der Waals surface area contributed by atoms with E-state index in [2.05, 4.69) is 235 Å². The SMILES string of the molecule is c1ccc(-n2c3ccccc3c3cc(-c4c5ccccc5c(-c5ccc(-c6ccc7c(c6)C6(c8ccccc8-c8ccccc86)c6ccccc6-7)nc5)c5ccccc45)ccc32)cc1. The van der Waals surface area contributed by atoms with Crippen LogP contribution in [0.2, 0.25) is 0 Å². The van der Waals surface area contributed by atoms with Gasteiger partial charge >= 0.3 is 0 Å². The fourth-order valence-corrected chi connectivity index (χ4v) is 11.7. The molecule has 2 aliphatic rings. The Morgan fingerprint density at radius 2 is 0.781 bits per heavy atom. The van der Waals surface area contributed by atoms with Gasteiger partial charge in [-0.1, -0.05) is 182 Å². The van der Waals surface area contributed by atoms with Gasteiger partial charge in [-0.15, -0.1) is 0 Å². The van der Waals surface area contributed by atoms with E-state index in [0.29, 0.717) is 0 Å². The maximum Gasteiger partial charge on any atom is 0.0725 e. The average Bonchev–Trinajstić information content (AvgIpc) is 3.97. The van der Waals surface area contributed by atoms with Crippen molar-refractivity contribution < 1.29 is 0 Å². The van der Waals surface area contributed by atoms with Crippen LogP contribution in [0.15, 0.2) is 231 Å². The smallest absolute Gasteiger partial charge is 0.0725 e. The van der Waals surface area contributed by atoms with Crippen molar-refractivity contribution in [1.82, 2.24) is 9.55 Å². The van der Waals surface area contributed by atoms with Crippen LogP contribution in [0.25, 0.3) is 105 Å². The van der Waals surface area contributed by atoms with E-state index in [0.717, 1.165) is 22.5 Å². The van der Waals surface area contributed by atoms with Gasteiger partial charge in [-0.2, -0.15) is 0 Å². The molecule has 64 heavy (non-hydrogen) atoms. The lowest BCUT2D eigenvalue weighted by Crippen LogP contribution is -2.25. The summed E-state index contributed by atoms with van der Waals surface area (Å²) in [4.78, 5) is 5.29. The largest absolute Gasteiger partial charge is 0.309 e. The molecule has 1 spiro atoms. The van der Waals surface area contributed by atoms with Crippen molar-refractivity contribution in [3.8, 4) is 61.5 Å². The van der Waals surface area contributed by atoms with E-state index in [1.807, 2.05) is 0 Å². The van der Waals surface area contributed by atoms with Gasteiger partial charge in [0.2, 0.25) is 0 Å². The molecule has 0 atom stereocenters. The Balaban J connectivity index is 0.920. The molecule has 14 rings (SSSR count). The molecule has 12 aromatic rings. The van der Waals surface area contributed by atoms with Gasteiger partial charge in [0.15, 0.2) is 0 Å². The molecule has 0 N–H and O–H groups in total. The van der Waals surface area contributed by atoms with Gasteiger partial charge < -0.3 is 4.57 Å². The lowest BCUT2D eigenvalue weighted by atomic mass is 9.70. The van der Waals surface area contributed by atoms with Crippen LogP contribution in [0.5, 0.6) is 0 Å². The minimum atomic E-state index is -0.391. The predicted molar refractivity (Wildman–Crippen MR) is 266 cm³/mol. The van der Waals surface area contributed by atoms with E-state index in [1.54, 1.807) is 0 Å². The zero-order valence-corrected chi connectivity index (χ0v) is 34.8. The molecule has 0 bridgehead atoms. The highest BCUT2D eigenvalue weighted by atomic mass is 15.0. The zero-order chi connectivity index (χ0) is 41.9. The van der Waals surface area contributed by atoms with E-state index in [4.69, 9.17) is 4.98 Å². The van der Waals surface area contributed by atoms with Gasteiger partial charge in [0.1, 0.15) is 0 Å². The number of hydrogen-bond donors (Lipinski definition) is 0. The van der Waals surface area contributed by atoms with Crippen LogP contribution in [-0.4, -0.2) is 9.55 Å². The Morgan fingerprint density at radius 1 is 0.312 bits per heavy atom. The first-order valence-corrected chi connectivity index (χ1v) is 22.2. The van der Waals surface area contributed by atoms with Crippen molar-refractivity contribution in [3.05, 3.63) is 253 Å². The van der Waals surface area contributed by atoms with Gasteiger partial charge in [-0.3, -0.25) is 4.98 Å². The Labute approximate surface area is 371 Å². The molecule has 0 unspecified atom stereocenters. The molecule has 296 valence electrons. The van der Waals surface area contributed by atoms with Crippen molar-refractivity contribution in [2.45, 2.75) is 5.41 Å². The van der Waals surface area contributed by atoms with Crippen LogP contribution < -0.4 is 0 Å². The first-order valence-electron chi connectivity index (χ1n) is 22.2. The number of para-hydroxylation sites is 2. The number of nitrogens with zero attached hydrogens (tertiary/aromatic N) is 2. The average molecular weight is 811 g/mol. The number of rotatable bonds is 4. The highest BCUT2D eigenvalue weighted by Crippen LogP contribution is 2.63. The first-order chi connectivity index (χ1) is 31.8. The fraction of sp³-hybridized carbons (Fsp3) is 0.0161. The zero-order valence-electron chi connectivity index (χ0n) is 34.8. The molecule has 2 aromatic heterocycles. The monoisotopic (exact) mass is 810 g/mol. The maximum atomic E-state index is 5.29. The van der Waals surface area contributed by atoms with Crippen molar-refractivity contribution in [2.24, 2.45) is 0 Å². The Kier molecular flexibility index (Phi) is 7.35. The van der Waals surface area contributed by atoms with Crippen molar-refractivity contribution in [3.63, 3.8) is 0 Å². The number of benzene rings is 10. The molecule has 10 aromatic carbocycles. The standard InChI is InChI=1S/C62H38N2/c1-2-16-42(17-3-1)64-58-29-15-11-21-47(58)52-36-40(32-35-59(52)64)60-48-22-4-6-24-50(48)61(51-25-7-5-23-49(51)60)41-31-34-57(63-38-41)39-30-33-46-45-20-10-14-28-55(45)62(56(46)37-39)53-26-12-8-18-43(53)44-19-9-13-27-54(44)62/h1-38H. The van der Waals surface area contributed by atoms with Gasteiger partial charge in [-0.25, -0.2) is 0 Å². The molecule has 0 amide bonds. The number of fused-ring (bicyclic) bond motifs is 15. The molecule has 0 saturated heterocycles. The summed E-state index contributed by atoms with van der Waals surface area (Å²) in [5.41, 5.74) is 20.6. The normalized spacial score (nSPS) is 13.1. The van der Waals surface area contributed by atoms with Crippen LogP contribution in [0.3, 0.4) is 0 Å². The Hall–Kier alpha value is -8.33. The highest BCUT2D eigenvalue weighted by molar-refractivity contribution is 6.22. The Bertz CT molecular complexity index is 3770. The number of hydrogen-bond acceptors (Lipinski definition) is 1. The van der Waals surface area contributed by atoms with Crippen molar-refractivity contribution >= 4 is 43.4 Å². The third kappa shape index (κ3) is 4.72. The molecule has 2 nitrogen and oxygen atoms in total. The second kappa shape index (κ2) is 13.3. The van der Waals surface area contributed by atoms with Gasteiger partial charge in [0, 0.05) is 33.8 Å². The van der Waals surface area contributed by atoms with Crippen molar-refractivity contribution in [1.29, 1.82) is 0 Å². The van der Waals surface area contributed by atoms with Crippen LogP contribution >= 0.6 is 0 Å². The molecule has 0 radical (unpaired) electrons. The summed E-state index contributed by atoms with van der Waals surface area (Å²) in [6, 6.07) is 82.8. The number of aromatic nitrogens is 2. The second-order valence-corrected chi connectivity index (χ2v) is 17.3. The van der Waals surface area contributed by atoms with Crippen LogP contribution in [-0.2, 0) is 5.41 Å². The van der Waals surface area contributed by atoms with E-state index >= 15 is 0 Å². The van der Waals surface area contributed by atoms with Gasteiger partial charge in [0.25, 0.3) is 0 Å². The Morgan fingerprint density at radius 3 is 1.38 bits per heavy atom. The molecular formula is C62H38N2. The third-order valence-corrected chi connectivity index (χ3v) is 14.3. The first kappa shape index (κ1) is 35.3.